The molecule has 0 amide bonds. The molecule has 1 atom stereocenters. The van der Waals surface area contributed by atoms with Crippen LogP contribution in [0.5, 0.6) is 0 Å². The van der Waals surface area contributed by atoms with Gasteiger partial charge in [0, 0.05) is 15.7 Å². The van der Waals surface area contributed by atoms with Crippen molar-refractivity contribution in [2.24, 2.45) is 0 Å². The summed E-state index contributed by atoms with van der Waals surface area (Å²) in [6, 6.07) is 13.5. The molecule has 0 heterocycles. The van der Waals surface area contributed by atoms with Crippen LogP contribution < -0.4 is 10.6 Å². The Morgan fingerprint density at radius 1 is 1.10 bits per heavy atom. The van der Waals surface area contributed by atoms with Gasteiger partial charge in [-0.25, -0.2) is 0 Å². The molecule has 0 spiro atoms. The summed E-state index contributed by atoms with van der Waals surface area (Å²) in [4.78, 5) is 0. The molecule has 0 aliphatic carbocycles. The molecule has 0 radical (unpaired) electrons. The van der Waals surface area contributed by atoms with Gasteiger partial charge in [0.2, 0.25) is 0 Å². The van der Waals surface area contributed by atoms with E-state index in [1.54, 1.807) is 0 Å². The van der Waals surface area contributed by atoms with Crippen LogP contribution in [0.4, 0.5) is 5.69 Å². The minimum absolute atomic E-state index is 0.0850. The molecule has 5 heteroatoms. The van der Waals surface area contributed by atoms with Crippen molar-refractivity contribution >= 4 is 46.2 Å². The molecule has 0 bridgehead atoms. The summed E-state index contributed by atoms with van der Waals surface area (Å²) in [7, 11) is 0. The third kappa shape index (κ3) is 4.34. The van der Waals surface area contributed by atoms with E-state index in [0.29, 0.717) is 10.1 Å². The fourth-order valence-corrected chi connectivity index (χ4v) is 2.52. The molecule has 2 nitrogen and oxygen atoms in total. The number of hydrogen-bond acceptors (Lipinski definition) is 1. The standard InChI is InChI=1S/C16H16Cl2N2S/c1-10-14(18)4-3-5-15(10)20-16(21)19-11(2)12-6-8-13(17)9-7-12/h3-9,11H,1-2H3,(H2,19,20,21)/t11-/m0/s1. The van der Waals surface area contributed by atoms with E-state index in [1.807, 2.05) is 56.3 Å². The molecule has 0 aliphatic heterocycles. The summed E-state index contributed by atoms with van der Waals surface area (Å²) in [5.74, 6) is 0. The van der Waals surface area contributed by atoms with E-state index in [-0.39, 0.29) is 6.04 Å². The van der Waals surface area contributed by atoms with E-state index >= 15 is 0 Å². The molecule has 0 saturated carbocycles. The predicted octanol–water partition coefficient (Wildman–Crippen LogP) is 5.35. The summed E-state index contributed by atoms with van der Waals surface area (Å²) in [6.07, 6.45) is 0. The molecule has 0 fully saturated rings. The average molecular weight is 339 g/mol. The van der Waals surface area contributed by atoms with Gasteiger partial charge in [0.05, 0.1) is 6.04 Å². The lowest BCUT2D eigenvalue weighted by Crippen LogP contribution is -2.31. The zero-order valence-corrected chi connectivity index (χ0v) is 14.1. The number of halogens is 2. The smallest absolute Gasteiger partial charge is 0.171 e. The summed E-state index contributed by atoms with van der Waals surface area (Å²) < 4.78 is 0. The van der Waals surface area contributed by atoms with Crippen molar-refractivity contribution < 1.29 is 0 Å². The van der Waals surface area contributed by atoms with Gasteiger partial charge in [0.15, 0.2) is 5.11 Å². The van der Waals surface area contributed by atoms with Crippen LogP contribution in [0.25, 0.3) is 0 Å². The first-order valence-corrected chi connectivity index (χ1v) is 7.72. The highest BCUT2D eigenvalue weighted by Gasteiger charge is 2.08. The van der Waals surface area contributed by atoms with Crippen LogP contribution in [0.2, 0.25) is 10.0 Å². The average Bonchev–Trinajstić information content (AvgIpc) is 2.44. The molecule has 110 valence electrons. The molecular weight excluding hydrogens is 323 g/mol. The molecule has 0 aromatic heterocycles. The molecule has 0 unspecified atom stereocenters. The first kappa shape index (κ1) is 16.1. The van der Waals surface area contributed by atoms with Crippen LogP contribution in [-0.4, -0.2) is 5.11 Å². The van der Waals surface area contributed by atoms with E-state index in [9.17, 15) is 0 Å². The van der Waals surface area contributed by atoms with Crippen LogP contribution in [0.15, 0.2) is 42.5 Å². The first-order valence-electron chi connectivity index (χ1n) is 6.55. The number of thiocarbonyl (C=S) groups is 1. The Kier molecular flexibility index (Phi) is 5.45. The van der Waals surface area contributed by atoms with Crippen LogP contribution in [0, 0.1) is 6.92 Å². The predicted molar refractivity (Wildman–Crippen MR) is 95.4 cm³/mol. The Hall–Kier alpha value is -1.29. The van der Waals surface area contributed by atoms with Gasteiger partial charge >= 0.3 is 0 Å². The SMILES string of the molecule is Cc1c(Cl)cccc1NC(=S)N[C@@H](C)c1ccc(Cl)cc1. The zero-order valence-electron chi connectivity index (χ0n) is 11.8. The van der Waals surface area contributed by atoms with Crippen LogP contribution in [0.1, 0.15) is 24.1 Å². The third-order valence-electron chi connectivity index (χ3n) is 3.23. The van der Waals surface area contributed by atoms with Gasteiger partial charge in [-0.1, -0.05) is 41.4 Å². The topological polar surface area (TPSA) is 24.1 Å². The number of nitrogens with one attached hydrogen (secondary N) is 2. The highest BCUT2D eigenvalue weighted by molar-refractivity contribution is 7.80. The van der Waals surface area contributed by atoms with Gasteiger partial charge in [-0.2, -0.15) is 0 Å². The Bertz CT molecular complexity index is 641. The summed E-state index contributed by atoms with van der Waals surface area (Å²) >= 11 is 17.3. The lowest BCUT2D eigenvalue weighted by molar-refractivity contribution is 0.722. The highest BCUT2D eigenvalue weighted by atomic mass is 35.5. The summed E-state index contributed by atoms with van der Waals surface area (Å²) in [5, 5.41) is 8.42. The van der Waals surface area contributed by atoms with Crippen molar-refractivity contribution in [2.45, 2.75) is 19.9 Å². The van der Waals surface area contributed by atoms with Crippen molar-refractivity contribution in [1.29, 1.82) is 0 Å². The fraction of sp³-hybridized carbons (Fsp3) is 0.188. The Morgan fingerprint density at radius 2 is 1.76 bits per heavy atom. The Morgan fingerprint density at radius 3 is 2.43 bits per heavy atom. The minimum Gasteiger partial charge on any atom is -0.356 e. The van der Waals surface area contributed by atoms with Crippen LogP contribution in [0.3, 0.4) is 0 Å². The van der Waals surface area contributed by atoms with E-state index in [4.69, 9.17) is 35.4 Å². The van der Waals surface area contributed by atoms with E-state index in [2.05, 4.69) is 10.6 Å². The maximum Gasteiger partial charge on any atom is 0.171 e. The largest absolute Gasteiger partial charge is 0.356 e. The normalized spacial score (nSPS) is 11.8. The summed E-state index contributed by atoms with van der Waals surface area (Å²) in [5.41, 5.74) is 3.00. The molecule has 21 heavy (non-hydrogen) atoms. The van der Waals surface area contributed by atoms with E-state index in [0.717, 1.165) is 21.8 Å². The Labute approximate surface area is 140 Å². The van der Waals surface area contributed by atoms with E-state index in [1.165, 1.54) is 0 Å². The number of benzene rings is 2. The van der Waals surface area contributed by atoms with Gasteiger partial charge in [-0.3, -0.25) is 0 Å². The maximum atomic E-state index is 6.10. The van der Waals surface area contributed by atoms with Crippen LogP contribution in [-0.2, 0) is 0 Å². The second-order valence-corrected chi connectivity index (χ2v) is 6.04. The molecule has 2 aromatic carbocycles. The van der Waals surface area contributed by atoms with Crippen molar-refractivity contribution in [1.82, 2.24) is 5.32 Å². The molecule has 0 aliphatic rings. The monoisotopic (exact) mass is 338 g/mol. The Balaban J connectivity index is 2.01. The van der Waals surface area contributed by atoms with Gasteiger partial charge < -0.3 is 10.6 Å². The van der Waals surface area contributed by atoms with Gasteiger partial charge in [-0.15, -0.1) is 0 Å². The van der Waals surface area contributed by atoms with Crippen molar-refractivity contribution in [2.75, 3.05) is 5.32 Å². The minimum atomic E-state index is 0.0850. The van der Waals surface area contributed by atoms with Crippen molar-refractivity contribution in [3.05, 3.63) is 63.6 Å². The lowest BCUT2D eigenvalue weighted by atomic mass is 10.1. The quantitative estimate of drug-likeness (QED) is 0.737. The molecule has 2 aromatic rings. The second-order valence-electron chi connectivity index (χ2n) is 4.78. The number of rotatable bonds is 3. The van der Waals surface area contributed by atoms with E-state index < -0.39 is 0 Å². The van der Waals surface area contributed by atoms with Crippen LogP contribution >= 0.6 is 35.4 Å². The van der Waals surface area contributed by atoms with Crippen molar-refractivity contribution in [3.63, 3.8) is 0 Å². The molecular formula is C16H16Cl2N2S. The highest BCUT2D eigenvalue weighted by Crippen LogP contribution is 2.23. The summed E-state index contributed by atoms with van der Waals surface area (Å²) in [6.45, 7) is 4.00. The van der Waals surface area contributed by atoms with Gasteiger partial charge in [-0.05, 0) is 61.5 Å². The number of anilines is 1. The third-order valence-corrected chi connectivity index (χ3v) is 4.11. The fourth-order valence-electron chi connectivity index (χ4n) is 1.93. The molecule has 2 N–H and O–H groups in total. The molecule has 0 saturated heterocycles. The maximum absolute atomic E-state index is 6.10. The number of hydrogen-bond donors (Lipinski definition) is 2. The molecule has 2 rings (SSSR count). The zero-order chi connectivity index (χ0) is 15.4. The first-order chi connectivity index (χ1) is 9.97. The van der Waals surface area contributed by atoms with Gasteiger partial charge in [0.25, 0.3) is 0 Å². The lowest BCUT2D eigenvalue weighted by Gasteiger charge is -2.18. The van der Waals surface area contributed by atoms with Gasteiger partial charge in [0.1, 0.15) is 0 Å². The van der Waals surface area contributed by atoms with Crippen molar-refractivity contribution in [3.8, 4) is 0 Å². The second kappa shape index (κ2) is 7.12.